The number of fused-ring (bicyclic) bond motifs is 2. The van der Waals surface area contributed by atoms with Crippen LogP contribution >= 0.6 is 0 Å². The zero-order chi connectivity index (χ0) is 19.8. The van der Waals surface area contributed by atoms with Gasteiger partial charge in [-0.15, -0.1) is 0 Å². The van der Waals surface area contributed by atoms with Crippen molar-refractivity contribution in [1.29, 1.82) is 0 Å². The normalized spacial score (nSPS) is 12.8. The summed E-state index contributed by atoms with van der Waals surface area (Å²) in [5.41, 5.74) is 10.4. The average molecular weight is 385 g/mol. The first-order valence-electron chi connectivity index (χ1n) is 9.35. The zero-order valence-corrected chi connectivity index (χ0v) is 15.6. The molecule has 4 N–H and O–H groups in total. The van der Waals surface area contributed by atoms with E-state index < -0.39 is 5.91 Å². The highest BCUT2D eigenvalue weighted by atomic mass is 16.1. The van der Waals surface area contributed by atoms with Crippen LogP contribution in [0.2, 0.25) is 0 Å². The van der Waals surface area contributed by atoms with Crippen molar-refractivity contribution < 1.29 is 4.79 Å². The van der Waals surface area contributed by atoms with Crippen molar-refractivity contribution >= 4 is 17.2 Å². The van der Waals surface area contributed by atoms with E-state index in [9.17, 15) is 4.79 Å². The van der Waals surface area contributed by atoms with Crippen LogP contribution in [0.3, 0.4) is 0 Å². The first kappa shape index (κ1) is 17.3. The maximum atomic E-state index is 11.7. The molecule has 8 nitrogen and oxygen atoms in total. The summed E-state index contributed by atoms with van der Waals surface area (Å²) in [6, 6.07) is 15.5. The summed E-state index contributed by atoms with van der Waals surface area (Å²) in [5, 5.41) is 6.77. The molecule has 1 aliphatic rings. The number of anilines is 1. The van der Waals surface area contributed by atoms with Crippen LogP contribution in [0.5, 0.6) is 0 Å². The quantitative estimate of drug-likeness (QED) is 0.485. The number of benzene rings is 1. The minimum absolute atomic E-state index is 0.367. The minimum atomic E-state index is -0.510. The van der Waals surface area contributed by atoms with Gasteiger partial charge < -0.3 is 16.4 Å². The van der Waals surface area contributed by atoms with Crippen LogP contribution in [0.15, 0.2) is 54.9 Å². The van der Waals surface area contributed by atoms with Gasteiger partial charge in [-0.1, -0.05) is 36.4 Å². The van der Waals surface area contributed by atoms with E-state index in [1.54, 1.807) is 22.9 Å². The van der Waals surface area contributed by atoms with E-state index in [2.05, 4.69) is 27.8 Å². The molecule has 0 radical (unpaired) electrons. The molecule has 8 heteroatoms. The Balaban J connectivity index is 1.57. The molecule has 0 atom stereocenters. The number of imidazole rings is 1. The number of primary amides is 1. The van der Waals surface area contributed by atoms with Crippen molar-refractivity contribution in [2.45, 2.75) is 19.6 Å². The molecule has 144 valence electrons. The van der Waals surface area contributed by atoms with Crippen LogP contribution in [0.25, 0.3) is 17.0 Å². The second kappa shape index (κ2) is 6.99. The largest absolute Gasteiger partial charge is 0.366 e. The van der Waals surface area contributed by atoms with E-state index >= 15 is 0 Å². The van der Waals surface area contributed by atoms with Gasteiger partial charge in [0.1, 0.15) is 23.5 Å². The second-order valence-corrected chi connectivity index (χ2v) is 6.89. The van der Waals surface area contributed by atoms with E-state index in [4.69, 9.17) is 15.7 Å². The summed E-state index contributed by atoms with van der Waals surface area (Å²) >= 11 is 0. The number of hydrogen-bond donors (Lipinski definition) is 3. The molecule has 0 fully saturated rings. The summed E-state index contributed by atoms with van der Waals surface area (Å²) in [5.74, 6) is 0.807. The first-order valence-corrected chi connectivity index (χ1v) is 9.35. The summed E-state index contributed by atoms with van der Waals surface area (Å²) in [4.78, 5) is 25.7. The Kier molecular flexibility index (Phi) is 4.18. The summed E-state index contributed by atoms with van der Waals surface area (Å²) in [6.45, 7) is 2.07. The third-order valence-electron chi connectivity index (χ3n) is 5.03. The molecule has 0 saturated carbocycles. The maximum Gasteiger partial charge on any atom is 0.265 e. The van der Waals surface area contributed by atoms with Crippen molar-refractivity contribution in [3.63, 3.8) is 0 Å². The fraction of sp³-hybridized carbons (Fsp3) is 0.143. The number of hydrogen-bond acceptors (Lipinski definition) is 6. The van der Waals surface area contributed by atoms with Crippen molar-refractivity contribution in [2.24, 2.45) is 5.73 Å². The molecule has 4 aromatic rings. The maximum absolute atomic E-state index is 11.7. The molecule has 5 rings (SSSR count). The molecule has 0 aliphatic carbocycles. The molecular weight excluding hydrogens is 366 g/mol. The number of pyridine rings is 1. The molecule has 0 spiro atoms. The van der Waals surface area contributed by atoms with Gasteiger partial charge in [-0.2, -0.15) is 0 Å². The number of carbonyl (C=O) groups is 1. The van der Waals surface area contributed by atoms with E-state index in [1.807, 2.05) is 24.3 Å². The van der Waals surface area contributed by atoms with Crippen LogP contribution in [0, 0.1) is 0 Å². The van der Waals surface area contributed by atoms with E-state index in [-0.39, 0.29) is 0 Å². The van der Waals surface area contributed by atoms with E-state index in [1.165, 1.54) is 5.56 Å². The topological polar surface area (TPSA) is 110 Å². The molecule has 3 aromatic heterocycles. The van der Waals surface area contributed by atoms with Crippen molar-refractivity contribution in [3.05, 3.63) is 77.4 Å². The molecule has 0 unspecified atom stereocenters. The van der Waals surface area contributed by atoms with Gasteiger partial charge in [0.05, 0.1) is 11.2 Å². The average Bonchev–Trinajstić information content (AvgIpc) is 3.39. The number of aromatic nitrogens is 4. The van der Waals surface area contributed by atoms with Crippen molar-refractivity contribution in [2.75, 3.05) is 5.32 Å². The lowest BCUT2D eigenvalue weighted by molar-refractivity contribution is 0.0994. The van der Waals surface area contributed by atoms with Gasteiger partial charge in [-0.05, 0) is 17.7 Å². The molecule has 1 aliphatic heterocycles. The van der Waals surface area contributed by atoms with Crippen molar-refractivity contribution in [1.82, 2.24) is 24.7 Å². The molecule has 0 bridgehead atoms. The Labute approximate surface area is 166 Å². The molecule has 4 heterocycles. The van der Waals surface area contributed by atoms with Crippen LogP contribution < -0.4 is 16.4 Å². The minimum Gasteiger partial charge on any atom is -0.366 e. The van der Waals surface area contributed by atoms with Gasteiger partial charge in [-0.3, -0.25) is 9.20 Å². The van der Waals surface area contributed by atoms with Crippen LogP contribution in [-0.2, 0) is 19.6 Å². The fourth-order valence-corrected chi connectivity index (χ4v) is 3.59. The number of nitrogens with one attached hydrogen (secondary N) is 2. The fourth-order valence-electron chi connectivity index (χ4n) is 3.59. The summed E-state index contributed by atoms with van der Waals surface area (Å²) in [7, 11) is 0. The lowest BCUT2D eigenvalue weighted by Gasteiger charge is -2.11. The van der Waals surface area contributed by atoms with Crippen molar-refractivity contribution in [3.8, 4) is 11.5 Å². The first-order chi connectivity index (χ1) is 14.2. The number of rotatable bonds is 5. The standard InChI is InChI=1S/C21H19N7O/c22-19(29)17-8-4-7-16-18(25-12-28(16)17)21-26-15-11-23-10-14(15)20(27-21)24-9-13-5-2-1-3-6-13/h1-8,12,23H,9-11H2,(H2,22,29)(H,24,26,27). The Morgan fingerprint density at radius 1 is 1.10 bits per heavy atom. The predicted octanol–water partition coefficient (Wildman–Crippen LogP) is 2.11. The van der Waals surface area contributed by atoms with Crippen LogP contribution in [-0.4, -0.2) is 25.3 Å². The second-order valence-electron chi connectivity index (χ2n) is 6.89. The molecule has 1 aromatic carbocycles. The monoisotopic (exact) mass is 385 g/mol. The summed E-state index contributed by atoms with van der Waals surface area (Å²) < 4.78 is 1.67. The van der Waals surface area contributed by atoms with Gasteiger partial charge in [0.2, 0.25) is 0 Å². The Morgan fingerprint density at radius 2 is 1.97 bits per heavy atom. The lowest BCUT2D eigenvalue weighted by atomic mass is 10.2. The van der Waals surface area contributed by atoms with Crippen LogP contribution in [0.1, 0.15) is 27.3 Å². The number of carbonyl (C=O) groups excluding carboxylic acids is 1. The number of nitrogens with zero attached hydrogens (tertiary/aromatic N) is 4. The van der Waals surface area contributed by atoms with E-state index in [0.29, 0.717) is 30.3 Å². The van der Waals surface area contributed by atoms with Gasteiger partial charge in [0, 0.05) is 25.2 Å². The third-order valence-corrected chi connectivity index (χ3v) is 5.03. The molecular formula is C21H19N7O. The Morgan fingerprint density at radius 3 is 2.79 bits per heavy atom. The smallest absolute Gasteiger partial charge is 0.265 e. The van der Waals surface area contributed by atoms with Gasteiger partial charge in [0.25, 0.3) is 5.91 Å². The predicted molar refractivity (Wildman–Crippen MR) is 109 cm³/mol. The number of nitrogens with two attached hydrogens (primary N) is 1. The number of amides is 1. The zero-order valence-electron chi connectivity index (χ0n) is 15.6. The highest BCUT2D eigenvalue weighted by Crippen LogP contribution is 2.28. The SMILES string of the molecule is NC(=O)c1cccc2c(-c3nc4c(c(NCc5ccccc5)n3)CNC4)ncn12. The van der Waals surface area contributed by atoms with Crippen LogP contribution in [0.4, 0.5) is 5.82 Å². The Hall–Kier alpha value is -3.78. The van der Waals surface area contributed by atoms with Gasteiger partial charge in [0.15, 0.2) is 5.82 Å². The van der Waals surface area contributed by atoms with Gasteiger partial charge >= 0.3 is 0 Å². The highest BCUT2D eigenvalue weighted by molar-refractivity contribution is 5.92. The summed E-state index contributed by atoms with van der Waals surface area (Å²) in [6.07, 6.45) is 1.58. The molecule has 0 saturated heterocycles. The molecule has 1 amide bonds. The lowest BCUT2D eigenvalue weighted by Crippen LogP contribution is -2.14. The van der Waals surface area contributed by atoms with E-state index in [0.717, 1.165) is 29.1 Å². The van der Waals surface area contributed by atoms with Gasteiger partial charge in [-0.25, -0.2) is 15.0 Å². The Bertz CT molecular complexity index is 1220. The molecule has 29 heavy (non-hydrogen) atoms. The third kappa shape index (κ3) is 3.09. The highest BCUT2D eigenvalue weighted by Gasteiger charge is 2.22.